The molecule has 0 bridgehead atoms. The number of hydrogen-bond acceptors (Lipinski definition) is 5. The molecule has 32 heavy (non-hydrogen) atoms. The lowest BCUT2D eigenvalue weighted by molar-refractivity contribution is -0.137. The van der Waals surface area contributed by atoms with Gasteiger partial charge in [-0.3, -0.25) is 9.78 Å². The second-order valence-electron chi connectivity index (χ2n) is 8.00. The van der Waals surface area contributed by atoms with E-state index in [0.29, 0.717) is 55.3 Å². The quantitative estimate of drug-likeness (QED) is 0.604. The minimum absolute atomic E-state index is 0.139. The van der Waals surface area contributed by atoms with Crippen molar-refractivity contribution in [1.29, 1.82) is 0 Å². The van der Waals surface area contributed by atoms with Gasteiger partial charge in [0.1, 0.15) is 5.82 Å². The van der Waals surface area contributed by atoms with Crippen LogP contribution in [0.5, 0.6) is 0 Å². The number of aromatic nitrogens is 2. The third-order valence-corrected chi connectivity index (χ3v) is 6.37. The number of nitrogen functional groups attached to an aromatic ring is 1. The van der Waals surface area contributed by atoms with Crippen LogP contribution in [0.3, 0.4) is 0 Å². The molecule has 0 saturated carbocycles. The molecule has 5 rings (SSSR count). The molecule has 0 spiro atoms. The zero-order valence-electron chi connectivity index (χ0n) is 16.7. The van der Waals surface area contributed by atoms with Gasteiger partial charge in [-0.2, -0.15) is 13.2 Å². The molecule has 1 aromatic carbocycles. The van der Waals surface area contributed by atoms with Gasteiger partial charge in [-0.1, -0.05) is 11.6 Å². The molecule has 3 aromatic rings. The van der Waals surface area contributed by atoms with E-state index < -0.39 is 11.7 Å². The molecule has 2 aromatic heterocycles. The second kappa shape index (κ2) is 7.60. The number of amides is 1. The van der Waals surface area contributed by atoms with Gasteiger partial charge < -0.3 is 15.4 Å². The molecule has 2 N–H and O–H groups in total. The summed E-state index contributed by atoms with van der Waals surface area (Å²) >= 11 is 6.41. The van der Waals surface area contributed by atoms with E-state index in [2.05, 4.69) is 9.97 Å². The van der Waals surface area contributed by atoms with Crippen LogP contribution in [0.15, 0.2) is 30.5 Å². The summed E-state index contributed by atoms with van der Waals surface area (Å²) in [7, 11) is 0. The first kappa shape index (κ1) is 21.0. The highest BCUT2D eigenvalue weighted by atomic mass is 35.5. The van der Waals surface area contributed by atoms with Crippen LogP contribution in [0.1, 0.15) is 45.1 Å². The first-order valence-electron chi connectivity index (χ1n) is 10.0. The molecule has 10 heteroatoms. The van der Waals surface area contributed by atoms with Gasteiger partial charge in [0.05, 0.1) is 34.9 Å². The normalized spacial score (nSPS) is 18.4. The molecule has 1 atom stereocenters. The fourth-order valence-corrected chi connectivity index (χ4v) is 4.57. The predicted octanol–water partition coefficient (Wildman–Crippen LogP) is 4.54. The lowest BCUT2D eigenvalue weighted by Crippen LogP contribution is -2.28. The molecule has 166 valence electrons. The van der Waals surface area contributed by atoms with Crippen LogP contribution >= 0.6 is 11.6 Å². The molecular weight excluding hydrogens is 445 g/mol. The molecule has 6 nitrogen and oxygen atoms in total. The van der Waals surface area contributed by atoms with Crippen molar-refractivity contribution in [2.24, 2.45) is 0 Å². The number of carbonyl (C=O) groups excluding carboxylic acids is 1. The lowest BCUT2D eigenvalue weighted by atomic mass is 10.0. The zero-order chi connectivity index (χ0) is 22.6. The van der Waals surface area contributed by atoms with Crippen molar-refractivity contribution < 1.29 is 22.7 Å². The molecule has 4 heterocycles. The number of fused-ring (bicyclic) bond motifs is 3. The Hall–Kier alpha value is -2.91. The number of hydrogen-bond donors (Lipinski definition) is 1. The molecule has 1 amide bonds. The van der Waals surface area contributed by atoms with Crippen LogP contribution in [0.25, 0.3) is 10.9 Å². The average Bonchev–Trinajstić information content (AvgIpc) is 3.43. The minimum atomic E-state index is -4.43. The number of carbonyl (C=O) groups is 1. The van der Waals surface area contributed by atoms with E-state index in [1.807, 2.05) is 0 Å². The fourth-order valence-electron chi connectivity index (χ4n) is 4.33. The summed E-state index contributed by atoms with van der Waals surface area (Å²) in [6.45, 7) is 1.58. The standard InChI is InChI=1S/C22H18ClF3N4O2/c23-17-6-19-13(15-9-32-10-16(15)20(27)29-19)5-14(17)21(31)30-4-3-11(8-30)18-2-1-12(7-28-18)22(24,25)26/h1-2,5-7,11H,3-4,8-10H2,(H2,27,29). The summed E-state index contributed by atoms with van der Waals surface area (Å²) in [6, 6.07) is 5.76. The van der Waals surface area contributed by atoms with Gasteiger partial charge in [0, 0.05) is 41.8 Å². The van der Waals surface area contributed by atoms with Gasteiger partial charge in [-0.05, 0) is 36.2 Å². The molecule has 2 aliphatic heterocycles. The van der Waals surface area contributed by atoms with Crippen LogP contribution in [-0.2, 0) is 24.1 Å². The average molecular weight is 463 g/mol. The van der Waals surface area contributed by atoms with Gasteiger partial charge in [-0.25, -0.2) is 4.98 Å². The third kappa shape index (κ3) is 3.55. The molecule has 1 unspecified atom stereocenters. The van der Waals surface area contributed by atoms with Crippen LogP contribution < -0.4 is 5.73 Å². The number of rotatable bonds is 2. The van der Waals surface area contributed by atoms with Crippen molar-refractivity contribution in [3.63, 3.8) is 0 Å². The maximum atomic E-state index is 13.2. The predicted molar refractivity (Wildman–Crippen MR) is 112 cm³/mol. The van der Waals surface area contributed by atoms with Crippen molar-refractivity contribution >= 4 is 34.2 Å². The van der Waals surface area contributed by atoms with Gasteiger partial charge in [0.15, 0.2) is 0 Å². The number of halogens is 4. The van der Waals surface area contributed by atoms with Crippen LogP contribution in [0.4, 0.5) is 19.0 Å². The number of benzene rings is 1. The summed E-state index contributed by atoms with van der Waals surface area (Å²) < 4.78 is 43.8. The smallest absolute Gasteiger partial charge is 0.383 e. The summed E-state index contributed by atoms with van der Waals surface area (Å²) in [5, 5.41) is 1.05. The maximum absolute atomic E-state index is 13.2. The van der Waals surface area contributed by atoms with E-state index in [4.69, 9.17) is 22.1 Å². The second-order valence-corrected chi connectivity index (χ2v) is 8.41. The Morgan fingerprint density at radius 1 is 1.22 bits per heavy atom. The molecular formula is C22H18ClF3N4O2. The minimum Gasteiger partial charge on any atom is -0.383 e. The van der Waals surface area contributed by atoms with Crippen LogP contribution in [0.2, 0.25) is 5.02 Å². The monoisotopic (exact) mass is 462 g/mol. The number of alkyl halides is 3. The topological polar surface area (TPSA) is 81.3 Å². The highest BCUT2D eigenvalue weighted by Gasteiger charge is 2.33. The van der Waals surface area contributed by atoms with E-state index in [-0.39, 0.29) is 16.8 Å². The van der Waals surface area contributed by atoms with Crippen molar-refractivity contribution in [3.05, 3.63) is 63.4 Å². The Morgan fingerprint density at radius 2 is 2.00 bits per heavy atom. The van der Waals surface area contributed by atoms with Crippen molar-refractivity contribution in [1.82, 2.24) is 14.9 Å². The number of ether oxygens (including phenoxy) is 1. The Balaban J connectivity index is 1.40. The van der Waals surface area contributed by atoms with E-state index >= 15 is 0 Å². The largest absolute Gasteiger partial charge is 0.417 e. The highest BCUT2D eigenvalue weighted by Crippen LogP contribution is 2.36. The Morgan fingerprint density at radius 3 is 2.72 bits per heavy atom. The van der Waals surface area contributed by atoms with Gasteiger partial charge in [0.25, 0.3) is 5.91 Å². The lowest BCUT2D eigenvalue weighted by Gasteiger charge is -2.18. The molecule has 2 aliphatic rings. The summed E-state index contributed by atoms with van der Waals surface area (Å²) in [5.74, 6) is 0.0157. The van der Waals surface area contributed by atoms with Crippen molar-refractivity contribution in [2.75, 3.05) is 18.8 Å². The van der Waals surface area contributed by atoms with Gasteiger partial charge in [-0.15, -0.1) is 0 Å². The van der Waals surface area contributed by atoms with E-state index in [1.165, 1.54) is 6.07 Å². The summed E-state index contributed by atoms with van der Waals surface area (Å²) in [4.78, 5) is 23.3. The molecule has 0 radical (unpaired) electrons. The van der Waals surface area contributed by atoms with Gasteiger partial charge in [0.2, 0.25) is 0 Å². The van der Waals surface area contributed by atoms with E-state index in [0.717, 1.165) is 28.8 Å². The van der Waals surface area contributed by atoms with Crippen molar-refractivity contribution in [2.45, 2.75) is 31.7 Å². The van der Waals surface area contributed by atoms with Gasteiger partial charge >= 0.3 is 6.18 Å². The van der Waals surface area contributed by atoms with E-state index in [9.17, 15) is 18.0 Å². The number of likely N-dealkylation sites (tertiary alicyclic amines) is 1. The van der Waals surface area contributed by atoms with Crippen LogP contribution in [-0.4, -0.2) is 33.9 Å². The molecule has 1 fully saturated rings. The number of nitrogens with two attached hydrogens (primary N) is 1. The first-order valence-corrected chi connectivity index (χ1v) is 10.4. The SMILES string of the molecule is Nc1nc2cc(Cl)c(C(=O)N3CCC(c4ccc(C(F)(F)F)cn4)C3)cc2c2c1COC2. The first-order chi connectivity index (χ1) is 15.2. The fraction of sp³-hybridized carbons (Fsp3) is 0.318. The Labute approximate surface area is 186 Å². The molecule has 0 aliphatic carbocycles. The zero-order valence-corrected chi connectivity index (χ0v) is 17.5. The summed E-state index contributed by atoms with van der Waals surface area (Å²) in [6.07, 6.45) is -2.99. The van der Waals surface area contributed by atoms with E-state index in [1.54, 1.807) is 17.0 Å². The maximum Gasteiger partial charge on any atom is 0.417 e. The highest BCUT2D eigenvalue weighted by molar-refractivity contribution is 6.34. The number of pyridine rings is 2. The van der Waals surface area contributed by atoms with Crippen molar-refractivity contribution in [3.8, 4) is 0 Å². The third-order valence-electron chi connectivity index (χ3n) is 6.06. The molecule has 1 saturated heterocycles. The Bertz CT molecular complexity index is 1230. The summed E-state index contributed by atoms with van der Waals surface area (Å²) in [5.41, 5.74) is 8.44. The number of anilines is 1. The number of nitrogens with zero attached hydrogens (tertiary/aromatic N) is 3. The van der Waals surface area contributed by atoms with Crippen LogP contribution in [0, 0.1) is 0 Å². The Kier molecular flexibility index (Phi) is 4.98.